The molecular weight excluding hydrogens is 601 g/mol. The summed E-state index contributed by atoms with van der Waals surface area (Å²) < 4.78 is 69.8. The summed E-state index contributed by atoms with van der Waals surface area (Å²) in [6, 6.07) is 21.3. The molecule has 0 N–H and O–H groups in total. The summed E-state index contributed by atoms with van der Waals surface area (Å²) in [4.78, 5) is 17.9. The van der Waals surface area contributed by atoms with Crippen LogP contribution >= 0.6 is 0 Å². The van der Waals surface area contributed by atoms with E-state index in [-0.39, 0.29) is 17.4 Å². The molecule has 2 saturated heterocycles. The summed E-state index contributed by atoms with van der Waals surface area (Å²) in [7, 11) is -3.27. The van der Waals surface area contributed by atoms with Gasteiger partial charge < -0.3 is 4.90 Å². The van der Waals surface area contributed by atoms with Gasteiger partial charge in [0.2, 0.25) is 0 Å². The molecule has 1 aromatic heterocycles. The first-order valence-electron chi connectivity index (χ1n) is 15.0. The Labute approximate surface area is 261 Å². The molecule has 45 heavy (non-hydrogen) atoms. The topological polar surface area (TPSA) is 75.5 Å². The lowest BCUT2D eigenvalue weighted by molar-refractivity contribution is -0.00245. The first kappa shape index (κ1) is 31.0. The molecule has 11 heteroatoms. The molecule has 1 amide bonds. The van der Waals surface area contributed by atoms with Crippen molar-refractivity contribution in [2.24, 2.45) is 0 Å². The van der Waals surface area contributed by atoms with Crippen molar-refractivity contribution >= 4 is 15.7 Å². The van der Waals surface area contributed by atoms with Crippen molar-refractivity contribution in [2.45, 2.75) is 49.0 Å². The van der Waals surface area contributed by atoms with Gasteiger partial charge in [-0.15, -0.1) is 0 Å². The summed E-state index contributed by atoms with van der Waals surface area (Å²) in [5.74, 6) is -5.14. The highest BCUT2D eigenvalue weighted by molar-refractivity contribution is 7.90. The molecule has 2 aliphatic rings. The van der Waals surface area contributed by atoms with Crippen molar-refractivity contribution in [1.82, 2.24) is 19.6 Å². The largest absolute Gasteiger partial charge is 0.332 e. The summed E-state index contributed by atoms with van der Waals surface area (Å²) in [6.45, 7) is 2.99. The second kappa shape index (κ2) is 12.1. The minimum atomic E-state index is -3.27. The summed E-state index contributed by atoms with van der Waals surface area (Å²) >= 11 is 0. The lowest BCUT2D eigenvalue weighted by atomic mass is 9.89. The zero-order valence-electron chi connectivity index (χ0n) is 25.2. The first-order chi connectivity index (χ1) is 21.4. The van der Waals surface area contributed by atoms with Gasteiger partial charge in [-0.1, -0.05) is 42.5 Å². The van der Waals surface area contributed by atoms with Crippen LogP contribution in [0.15, 0.2) is 83.8 Å². The van der Waals surface area contributed by atoms with Crippen molar-refractivity contribution in [2.75, 3.05) is 32.4 Å². The lowest BCUT2D eigenvalue weighted by Crippen LogP contribution is -2.35. The normalized spacial score (nSPS) is 19.2. The van der Waals surface area contributed by atoms with Crippen LogP contribution in [0, 0.1) is 12.7 Å². The number of aromatic nitrogens is 2. The molecule has 3 heterocycles. The number of likely N-dealkylation sites (tertiary alicyclic amines) is 2. The van der Waals surface area contributed by atoms with E-state index in [1.807, 2.05) is 12.1 Å². The number of benzene rings is 3. The van der Waals surface area contributed by atoms with Crippen LogP contribution in [0.5, 0.6) is 0 Å². The second-order valence-corrected chi connectivity index (χ2v) is 14.1. The monoisotopic (exact) mass is 636 g/mol. The number of alkyl halides is 2. The Morgan fingerprint density at radius 1 is 0.956 bits per heavy atom. The van der Waals surface area contributed by atoms with Gasteiger partial charge in [0.05, 0.1) is 40.0 Å². The van der Waals surface area contributed by atoms with Gasteiger partial charge in [0.25, 0.3) is 11.8 Å². The number of amides is 1. The summed E-state index contributed by atoms with van der Waals surface area (Å²) in [5.41, 5.74) is 3.52. The minimum Gasteiger partial charge on any atom is -0.332 e. The van der Waals surface area contributed by atoms with Crippen LogP contribution in [0.25, 0.3) is 5.69 Å². The van der Waals surface area contributed by atoms with Crippen LogP contribution in [-0.2, 0) is 16.4 Å². The van der Waals surface area contributed by atoms with E-state index in [1.54, 1.807) is 66.2 Å². The molecular formula is C34H35F3N4O3S. The molecule has 0 aliphatic carbocycles. The quantitative estimate of drug-likeness (QED) is 0.250. The maximum Gasteiger partial charge on any atom is 0.273 e. The van der Waals surface area contributed by atoms with Crippen LogP contribution in [0.4, 0.5) is 13.2 Å². The second-order valence-electron chi connectivity index (χ2n) is 12.1. The van der Waals surface area contributed by atoms with E-state index >= 15 is 8.78 Å². The molecule has 236 valence electrons. The number of hydrogen-bond acceptors (Lipinski definition) is 5. The van der Waals surface area contributed by atoms with E-state index in [2.05, 4.69) is 4.90 Å². The Balaban J connectivity index is 1.27. The van der Waals surface area contributed by atoms with Crippen LogP contribution in [0.2, 0.25) is 0 Å². The molecule has 4 aromatic rings. The fraction of sp³-hybridized carbons (Fsp3) is 0.353. The highest BCUT2D eigenvalue weighted by Gasteiger charge is 2.51. The Kier molecular flexibility index (Phi) is 8.34. The average molecular weight is 637 g/mol. The SMILES string of the molecule is Cc1nn(-c2ccc(F)cc2)c(C2CCN(Cc3ccc(S(C)(=O)=O)cc3)CC2)c1C(=O)N1CC(c2ccccc2)C(F)(F)C1. The standard InChI is InChI=1S/C34H35F3N4O3S/c1-23-31(33(42)40-21-30(34(36,37)22-40)25-6-4-3-5-7-25)32(41(38-23)28-12-10-27(35)11-13-28)26-16-18-39(19-17-26)20-24-8-14-29(15-9-24)45(2,43)44/h3-15,26,30H,16-22H2,1-2H3. The number of carbonyl (C=O) groups excluding carboxylic acids is 1. The van der Waals surface area contributed by atoms with Crippen molar-refractivity contribution in [3.8, 4) is 5.69 Å². The van der Waals surface area contributed by atoms with Crippen molar-refractivity contribution in [3.05, 3.63) is 113 Å². The van der Waals surface area contributed by atoms with E-state index in [0.29, 0.717) is 60.7 Å². The molecule has 6 rings (SSSR count). The van der Waals surface area contributed by atoms with Gasteiger partial charge in [-0.25, -0.2) is 26.3 Å². The highest BCUT2D eigenvalue weighted by Crippen LogP contribution is 2.42. The Bertz CT molecular complexity index is 1780. The first-order valence-corrected chi connectivity index (χ1v) is 16.9. The molecule has 1 unspecified atom stereocenters. The fourth-order valence-electron chi connectivity index (χ4n) is 6.56. The number of carbonyl (C=O) groups is 1. The molecule has 0 saturated carbocycles. The number of aryl methyl sites for hydroxylation is 1. The van der Waals surface area contributed by atoms with E-state index < -0.39 is 39.9 Å². The molecule has 0 spiro atoms. The average Bonchev–Trinajstić information content (AvgIpc) is 3.53. The zero-order valence-corrected chi connectivity index (χ0v) is 26.0. The van der Waals surface area contributed by atoms with Crippen molar-refractivity contribution in [3.63, 3.8) is 0 Å². The van der Waals surface area contributed by atoms with Crippen LogP contribution in [0.1, 0.15) is 57.6 Å². The van der Waals surface area contributed by atoms with Gasteiger partial charge >= 0.3 is 0 Å². The van der Waals surface area contributed by atoms with Gasteiger partial charge in [-0.05, 0) is 80.4 Å². The van der Waals surface area contributed by atoms with E-state index in [9.17, 15) is 17.6 Å². The Morgan fingerprint density at radius 3 is 2.22 bits per heavy atom. The molecule has 0 radical (unpaired) electrons. The van der Waals surface area contributed by atoms with Crippen molar-refractivity contribution < 1.29 is 26.4 Å². The maximum absolute atomic E-state index is 15.3. The number of nitrogens with zero attached hydrogens (tertiary/aromatic N) is 4. The minimum absolute atomic E-state index is 0.0907. The number of rotatable bonds is 7. The van der Waals surface area contributed by atoms with Gasteiger partial charge in [0.1, 0.15) is 5.82 Å². The van der Waals surface area contributed by atoms with E-state index in [0.717, 1.165) is 5.56 Å². The predicted octanol–water partition coefficient (Wildman–Crippen LogP) is 5.98. The number of piperidine rings is 1. The van der Waals surface area contributed by atoms with Crippen LogP contribution in [-0.4, -0.2) is 72.3 Å². The Hall–Kier alpha value is -3.96. The maximum atomic E-state index is 15.3. The number of sulfone groups is 1. The molecule has 2 aliphatic heterocycles. The Morgan fingerprint density at radius 2 is 1.60 bits per heavy atom. The summed E-state index contributed by atoms with van der Waals surface area (Å²) in [6.07, 6.45) is 2.56. The van der Waals surface area contributed by atoms with Crippen LogP contribution in [0.3, 0.4) is 0 Å². The van der Waals surface area contributed by atoms with E-state index in [1.165, 1.54) is 23.3 Å². The van der Waals surface area contributed by atoms with Gasteiger partial charge in [0, 0.05) is 25.3 Å². The molecule has 1 atom stereocenters. The third-order valence-corrected chi connectivity index (χ3v) is 10.0. The third-order valence-electron chi connectivity index (χ3n) is 8.92. The van der Waals surface area contributed by atoms with Crippen LogP contribution < -0.4 is 0 Å². The highest BCUT2D eigenvalue weighted by atomic mass is 32.2. The predicted molar refractivity (Wildman–Crippen MR) is 165 cm³/mol. The van der Waals surface area contributed by atoms with Gasteiger partial charge in [-0.2, -0.15) is 5.10 Å². The summed E-state index contributed by atoms with van der Waals surface area (Å²) in [5, 5.41) is 4.70. The zero-order chi connectivity index (χ0) is 31.9. The third kappa shape index (κ3) is 6.41. The van der Waals surface area contributed by atoms with Crippen molar-refractivity contribution in [1.29, 1.82) is 0 Å². The van der Waals surface area contributed by atoms with Gasteiger partial charge in [-0.3, -0.25) is 9.69 Å². The number of halogens is 3. The smallest absolute Gasteiger partial charge is 0.273 e. The van der Waals surface area contributed by atoms with E-state index in [4.69, 9.17) is 5.10 Å². The molecule has 3 aromatic carbocycles. The molecule has 2 fully saturated rings. The van der Waals surface area contributed by atoms with Gasteiger partial charge in [0.15, 0.2) is 9.84 Å². The molecule has 7 nitrogen and oxygen atoms in total. The lowest BCUT2D eigenvalue weighted by Gasteiger charge is -2.33. The number of hydrogen-bond donors (Lipinski definition) is 0. The fourth-order valence-corrected chi connectivity index (χ4v) is 7.19. The molecule has 0 bridgehead atoms.